The maximum atomic E-state index is 15.4. The van der Waals surface area contributed by atoms with Gasteiger partial charge in [0.2, 0.25) is 0 Å². The molecule has 5 rings (SSSR count). The zero-order valence-electron chi connectivity index (χ0n) is 14.2. The minimum atomic E-state index is -0.315. The minimum absolute atomic E-state index is 0.100. The zero-order valence-corrected chi connectivity index (χ0v) is 14.2. The molecule has 0 saturated heterocycles. The van der Waals surface area contributed by atoms with Crippen LogP contribution in [0.1, 0.15) is 21.5 Å². The Labute approximate surface area is 150 Å². The summed E-state index contributed by atoms with van der Waals surface area (Å²) < 4.78 is 15.4. The standard InChI is InChI=1S/C24H15FO/c1-14-7-6-8-15(13-14)20-16-9-2-4-11-18(16)23(25)21-17-10-3-5-12-19(17)24(26)22(20)21/h2-13H,1H3. The highest BCUT2D eigenvalue weighted by molar-refractivity contribution is 6.28. The Kier molecular flexibility index (Phi) is 3.10. The molecule has 0 bridgehead atoms. The third-order valence-corrected chi connectivity index (χ3v) is 5.13. The van der Waals surface area contributed by atoms with Crippen LogP contribution in [0.15, 0.2) is 72.8 Å². The molecule has 0 unspecified atom stereocenters. The number of hydrogen-bond donors (Lipinski definition) is 0. The van der Waals surface area contributed by atoms with Gasteiger partial charge in [0.15, 0.2) is 5.78 Å². The molecule has 0 saturated carbocycles. The van der Waals surface area contributed by atoms with Gasteiger partial charge in [-0.25, -0.2) is 4.39 Å². The van der Waals surface area contributed by atoms with Crippen LogP contribution < -0.4 is 0 Å². The van der Waals surface area contributed by atoms with Crippen molar-refractivity contribution in [2.45, 2.75) is 6.92 Å². The summed E-state index contributed by atoms with van der Waals surface area (Å²) in [6.45, 7) is 2.02. The molecule has 0 heterocycles. The molecule has 0 spiro atoms. The molecule has 0 atom stereocenters. The van der Waals surface area contributed by atoms with Crippen molar-refractivity contribution in [2.75, 3.05) is 0 Å². The van der Waals surface area contributed by atoms with Gasteiger partial charge in [0, 0.05) is 27.6 Å². The number of carbonyl (C=O) groups excluding carboxylic acids is 1. The van der Waals surface area contributed by atoms with Gasteiger partial charge in [0.25, 0.3) is 0 Å². The molecule has 0 aliphatic heterocycles. The molecule has 0 N–H and O–H groups in total. The number of halogens is 1. The zero-order chi connectivity index (χ0) is 17.8. The van der Waals surface area contributed by atoms with Crippen molar-refractivity contribution in [3.8, 4) is 22.3 Å². The SMILES string of the molecule is Cc1cccc(-c2c3c(c(F)c4ccccc24)-c2ccccc2C3=O)c1. The van der Waals surface area contributed by atoms with Crippen LogP contribution in [-0.2, 0) is 0 Å². The molecule has 0 aromatic heterocycles. The van der Waals surface area contributed by atoms with Crippen LogP contribution >= 0.6 is 0 Å². The first-order chi connectivity index (χ1) is 12.7. The van der Waals surface area contributed by atoms with E-state index in [0.29, 0.717) is 27.6 Å². The van der Waals surface area contributed by atoms with E-state index in [0.717, 1.165) is 22.1 Å². The van der Waals surface area contributed by atoms with Crippen LogP contribution in [0.5, 0.6) is 0 Å². The van der Waals surface area contributed by atoms with E-state index in [9.17, 15) is 4.79 Å². The molecule has 4 aromatic carbocycles. The number of rotatable bonds is 1. The lowest BCUT2D eigenvalue weighted by atomic mass is 9.88. The summed E-state index contributed by atoms with van der Waals surface area (Å²) in [4.78, 5) is 13.2. The molecule has 1 aliphatic carbocycles. The molecular weight excluding hydrogens is 323 g/mol. The molecular formula is C24H15FO. The Morgan fingerprint density at radius 3 is 2.15 bits per heavy atom. The van der Waals surface area contributed by atoms with Crippen molar-refractivity contribution in [3.05, 3.63) is 95.3 Å². The highest BCUT2D eigenvalue weighted by Crippen LogP contribution is 2.47. The molecule has 26 heavy (non-hydrogen) atoms. The number of fused-ring (bicyclic) bond motifs is 4. The lowest BCUT2D eigenvalue weighted by Gasteiger charge is -2.15. The van der Waals surface area contributed by atoms with E-state index in [4.69, 9.17) is 0 Å². The van der Waals surface area contributed by atoms with Gasteiger partial charge in [0.1, 0.15) is 5.82 Å². The van der Waals surface area contributed by atoms with Crippen LogP contribution in [-0.4, -0.2) is 5.78 Å². The third kappa shape index (κ3) is 1.93. The molecule has 0 radical (unpaired) electrons. The van der Waals surface area contributed by atoms with E-state index in [1.165, 1.54) is 0 Å². The fourth-order valence-corrected chi connectivity index (χ4v) is 4.01. The highest BCUT2D eigenvalue weighted by Gasteiger charge is 2.34. The number of benzene rings is 4. The summed E-state index contributed by atoms with van der Waals surface area (Å²) in [7, 11) is 0. The largest absolute Gasteiger partial charge is 0.289 e. The Morgan fingerprint density at radius 2 is 1.38 bits per heavy atom. The van der Waals surface area contributed by atoms with Crippen molar-refractivity contribution in [2.24, 2.45) is 0 Å². The summed E-state index contributed by atoms with van der Waals surface area (Å²) in [5, 5.41) is 1.32. The van der Waals surface area contributed by atoms with Gasteiger partial charge in [-0.05, 0) is 23.4 Å². The Morgan fingerprint density at radius 1 is 0.692 bits per heavy atom. The Bertz CT molecular complexity index is 1220. The fourth-order valence-electron chi connectivity index (χ4n) is 4.01. The second kappa shape index (κ2) is 5.37. The van der Waals surface area contributed by atoms with Crippen LogP contribution in [0.4, 0.5) is 4.39 Å². The average molecular weight is 338 g/mol. The lowest BCUT2D eigenvalue weighted by Crippen LogP contribution is -2.01. The molecule has 4 aromatic rings. The minimum Gasteiger partial charge on any atom is -0.289 e. The normalized spacial score (nSPS) is 12.3. The second-order valence-electron chi connectivity index (χ2n) is 6.73. The Balaban J connectivity index is 2.01. The predicted octanol–water partition coefficient (Wildman–Crippen LogP) is 6.17. The number of ketones is 1. The number of hydrogen-bond acceptors (Lipinski definition) is 1. The summed E-state index contributed by atoms with van der Waals surface area (Å²) in [6, 6.07) is 22.7. The van der Waals surface area contributed by atoms with Crippen LogP contribution in [0.2, 0.25) is 0 Å². The monoisotopic (exact) mass is 338 g/mol. The second-order valence-corrected chi connectivity index (χ2v) is 6.73. The van der Waals surface area contributed by atoms with E-state index in [2.05, 4.69) is 6.07 Å². The molecule has 2 heteroatoms. The molecule has 1 nitrogen and oxygen atoms in total. The average Bonchev–Trinajstić information content (AvgIpc) is 2.96. The van der Waals surface area contributed by atoms with E-state index in [1.807, 2.05) is 61.5 Å². The van der Waals surface area contributed by atoms with Crippen LogP contribution in [0, 0.1) is 12.7 Å². The topological polar surface area (TPSA) is 17.1 Å². The predicted molar refractivity (Wildman–Crippen MR) is 103 cm³/mol. The van der Waals surface area contributed by atoms with Gasteiger partial charge in [-0.1, -0.05) is 78.4 Å². The van der Waals surface area contributed by atoms with Gasteiger partial charge < -0.3 is 0 Å². The van der Waals surface area contributed by atoms with Crippen molar-refractivity contribution in [3.63, 3.8) is 0 Å². The van der Waals surface area contributed by atoms with Crippen LogP contribution in [0.25, 0.3) is 33.0 Å². The van der Waals surface area contributed by atoms with Gasteiger partial charge in [-0.2, -0.15) is 0 Å². The van der Waals surface area contributed by atoms with E-state index >= 15 is 4.39 Å². The molecule has 124 valence electrons. The summed E-state index contributed by atoms with van der Waals surface area (Å²) in [5.74, 6) is -0.415. The van der Waals surface area contributed by atoms with E-state index < -0.39 is 0 Å². The first-order valence-corrected chi connectivity index (χ1v) is 8.62. The smallest absolute Gasteiger partial charge is 0.195 e. The quantitative estimate of drug-likeness (QED) is 0.357. The summed E-state index contributed by atoms with van der Waals surface area (Å²) >= 11 is 0. The van der Waals surface area contributed by atoms with Crippen molar-refractivity contribution >= 4 is 16.6 Å². The lowest BCUT2D eigenvalue weighted by molar-refractivity contribution is 0.104. The van der Waals surface area contributed by atoms with Gasteiger partial charge in [0.05, 0.1) is 0 Å². The maximum absolute atomic E-state index is 15.4. The van der Waals surface area contributed by atoms with Crippen LogP contribution in [0.3, 0.4) is 0 Å². The third-order valence-electron chi connectivity index (χ3n) is 5.13. The first kappa shape index (κ1) is 15.0. The van der Waals surface area contributed by atoms with Gasteiger partial charge in [-0.15, -0.1) is 0 Å². The number of aryl methyl sites for hydroxylation is 1. The van der Waals surface area contributed by atoms with Crippen molar-refractivity contribution < 1.29 is 9.18 Å². The van der Waals surface area contributed by atoms with E-state index in [1.54, 1.807) is 12.1 Å². The van der Waals surface area contributed by atoms with E-state index in [-0.39, 0.29) is 11.6 Å². The highest BCUT2D eigenvalue weighted by atomic mass is 19.1. The van der Waals surface area contributed by atoms with Crippen molar-refractivity contribution in [1.29, 1.82) is 0 Å². The molecule has 0 amide bonds. The first-order valence-electron chi connectivity index (χ1n) is 8.62. The summed E-state index contributed by atoms with van der Waals surface area (Å²) in [6.07, 6.45) is 0. The Hall–Kier alpha value is -3.26. The van der Waals surface area contributed by atoms with Crippen molar-refractivity contribution in [1.82, 2.24) is 0 Å². The summed E-state index contributed by atoms with van der Waals surface area (Å²) in [5.41, 5.74) is 5.04. The molecule has 0 fully saturated rings. The van der Waals surface area contributed by atoms with Gasteiger partial charge in [-0.3, -0.25) is 4.79 Å². The molecule has 1 aliphatic rings. The number of carbonyl (C=O) groups is 1. The van der Waals surface area contributed by atoms with Gasteiger partial charge >= 0.3 is 0 Å². The fraction of sp³-hybridized carbons (Fsp3) is 0.0417. The maximum Gasteiger partial charge on any atom is 0.195 e.